The molecule has 0 atom stereocenters. The molecule has 1 aliphatic carbocycles. The molecule has 0 unspecified atom stereocenters. The Labute approximate surface area is 86.8 Å². The van der Waals surface area contributed by atoms with Crippen LogP contribution in [0.1, 0.15) is 23.3 Å². The Kier molecular flexibility index (Phi) is 2.32. The van der Waals surface area contributed by atoms with Crippen molar-refractivity contribution in [2.45, 2.75) is 18.4 Å². The van der Waals surface area contributed by atoms with Crippen molar-refractivity contribution in [3.8, 4) is 0 Å². The summed E-state index contributed by atoms with van der Waals surface area (Å²) in [5.74, 6) is -1.05. The maximum absolute atomic E-state index is 10.7. The average molecular weight is 208 g/mol. The molecule has 0 aromatic carbocycles. The molecular formula is C10H12N2O3. The van der Waals surface area contributed by atoms with Gasteiger partial charge in [-0.2, -0.15) is 0 Å². The Balaban J connectivity index is 2.15. The zero-order valence-electron chi connectivity index (χ0n) is 8.10. The van der Waals surface area contributed by atoms with Crippen molar-refractivity contribution in [3.05, 3.63) is 24.0 Å². The molecule has 1 fully saturated rings. The number of pyridine rings is 1. The summed E-state index contributed by atoms with van der Waals surface area (Å²) in [4.78, 5) is 14.4. The summed E-state index contributed by atoms with van der Waals surface area (Å²) in [6.07, 6.45) is 3.27. The molecule has 1 aromatic rings. The molecule has 0 radical (unpaired) electrons. The summed E-state index contributed by atoms with van der Waals surface area (Å²) < 4.78 is 0. The lowest BCUT2D eigenvalue weighted by Gasteiger charge is -2.15. The number of nitrogens with one attached hydrogen (secondary N) is 1. The summed E-state index contributed by atoms with van der Waals surface area (Å²) in [6, 6.07) is 3.17. The predicted molar refractivity (Wildman–Crippen MR) is 53.9 cm³/mol. The van der Waals surface area contributed by atoms with E-state index < -0.39 is 5.97 Å². The molecule has 5 heteroatoms. The summed E-state index contributed by atoms with van der Waals surface area (Å²) >= 11 is 0. The van der Waals surface area contributed by atoms with Gasteiger partial charge in [-0.15, -0.1) is 0 Å². The van der Waals surface area contributed by atoms with E-state index in [4.69, 9.17) is 10.2 Å². The van der Waals surface area contributed by atoms with Crippen LogP contribution in [-0.2, 0) is 0 Å². The number of anilines is 1. The van der Waals surface area contributed by atoms with Crippen LogP contribution in [-0.4, -0.2) is 33.3 Å². The van der Waals surface area contributed by atoms with Crippen LogP contribution < -0.4 is 5.32 Å². The molecule has 3 N–H and O–H groups in total. The quantitative estimate of drug-likeness (QED) is 0.679. The van der Waals surface area contributed by atoms with Gasteiger partial charge in [0.2, 0.25) is 0 Å². The molecule has 1 heterocycles. The average Bonchev–Trinajstić information content (AvgIpc) is 2.99. The molecule has 1 aliphatic rings. The Morgan fingerprint density at radius 3 is 2.87 bits per heavy atom. The minimum Gasteiger partial charge on any atom is -0.477 e. The van der Waals surface area contributed by atoms with Crippen LogP contribution in [0.3, 0.4) is 0 Å². The van der Waals surface area contributed by atoms with Gasteiger partial charge >= 0.3 is 5.97 Å². The highest BCUT2D eigenvalue weighted by Gasteiger charge is 2.41. The number of aliphatic hydroxyl groups excluding tert-OH is 1. The first-order chi connectivity index (χ1) is 7.15. The van der Waals surface area contributed by atoms with Gasteiger partial charge in [0.15, 0.2) is 0 Å². The lowest BCUT2D eigenvalue weighted by molar-refractivity contribution is 0.0690. The van der Waals surface area contributed by atoms with E-state index in [9.17, 15) is 4.79 Å². The van der Waals surface area contributed by atoms with Gasteiger partial charge in [-0.3, -0.25) is 0 Å². The lowest BCUT2D eigenvalue weighted by Crippen LogP contribution is -2.25. The van der Waals surface area contributed by atoms with Crippen molar-refractivity contribution >= 4 is 11.7 Å². The van der Waals surface area contributed by atoms with E-state index in [0.717, 1.165) is 12.8 Å². The number of hydrogen-bond acceptors (Lipinski definition) is 4. The number of aliphatic hydroxyl groups is 1. The SMILES string of the molecule is O=C(O)c1cc(NC2(CO)CC2)ccn1. The largest absolute Gasteiger partial charge is 0.477 e. The van der Waals surface area contributed by atoms with Crippen molar-refractivity contribution in [1.82, 2.24) is 4.98 Å². The van der Waals surface area contributed by atoms with E-state index in [2.05, 4.69) is 10.3 Å². The maximum atomic E-state index is 10.7. The van der Waals surface area contributed by atoms with E-state index in [1.54, 1.807) is 6.07 Å². The Morgan fingerprint density at radius 2 is 2.33 bits per heavy atom. The second-order valence-electron chi connectivity index (χ2n) is 3.80. The Morgan fingerprint density at radius 1 is 1.60 bits per heavy atom. The van der Waals surface area contributed by atoms with Crippen LogP contribution in [0.4, 0.5) is 5.69 Å². The first kappa shape index (κ1) is 9.92. The van der Waals surface area contributed by atoms with Crippen LogP contribution >= 0.6 is 0 Å². The fourth-order valence-electron chi connectivity index (χ4n) is 1.40. The summed E-state index contributed by atoms with van der Waals surface area (Å²) in [5.41, 5.74) is 0.458. The fourth-order valence-corrected chi connectivity index (χ4v) is 1.40. The van der Waals surface area contributed by atoms with Gasteiger partial charge < -0.3 is 15.5 Å². The molecule has 0 aliphatic heterocycles. The molecule has 0 amide bonds. The minimum absolute atomic E-state index is 0.00809. The van der Waals surface area contributed by atoms with Gasteiger partial charge in [-0.25, -0.2) is 9.78 Å². The number of rotatable bonds is 4. The molecule has 5 nitrogen and oxygen atoms in total. The first-order valence-corrected chi connectivity index (χ1v) is 4.74. The second-order valence-corrected chi connectivity index (χ2v) is 3.80. The van der Waals surface area contributed by atoms with Crippen LogP contribution in [0.2, 0.25) is 0 Å². The monoisotopic (exact) mass is 208 g/mol. The van der Waals surface area contributed by atoms with E-state index >= 15 is 0 Å². The number of carboxylic acids is 1. The molecule has 80 valence electrons. The lowest BCUT2D eigenvalue weighted by atomic mass is 10.2. The van der Waals surface area contributed by atoms with E-state index in [0.29, 0.717) is 5.69 Å². The highest BCUT2D eigenvalue weighted by atomic mass is 16.4. The second kappa shape index (κ2) is 3.51. The number of hydrogen-bond donors (Lipinski definition) is 3. The third-order valence-electron chi connectivity index (χ3n) is 2.54. The molecule has 0 spiro atoms. The number of nitrogens with zero attached hydrogens (tertiary/aromatic N) is 1. The highest BCUT2D eigenvalue weighted by Crippen LogP contribution is 2.38. The summed E-state index contributed by atoms with van der Waals surface area (Å²) in [5, 5.41) is 21.0. The zero-order chi connectivity index (χ0) is 10.9. The Hall–Kier alpha value is -1.62. The molecule has 2 rings (SSSR count). The molecule has 1 aromatic heterocycles. The molecule has 15 heavy (non-hydrogen) atoms. The van der Waals surface area contributed by atoms with Crippen LogP contribution in [0.5, 0.6) is 0 Å². The van der Waals surface area contributed by atoms with Crippen LogP contribution in [0.15, 0.2) is 18.3 Å². The smallest absolute Gasteiger partial charge is 0.354 e. The predicted octanol–water partition coefficient (Wildman–Crippen LogP) is 0.717. The topological polar surface area (TPSA) is 82.5 Å². The molecule has 1 saturated carbocycles. The van der Waals surface area contributed by atoms with Crippen LogP contribution in [0.25, 0.3) is 0 Å². The van der Waals surface area contributed by atoms with E-state index in [1.807, 2.05) is 0 Å². The Bertz CT molecular complexity index is 388. The molecule has 0 bridgehead atoms. The van der Waals surface area contributed by atoms with E-state index in [-0.39, 0.29) is 17.8 Å². The third-order valence-corrected chi connectivity index (χ3v) is 2.54. The third kappa shape index (κ3) is 2.07. The van der Waals surface area contributed by atoms with Gasteiger partial charge in [0.05, 0.1) is 12.1 Å². The van der Waals surface area contributed by atoms with Crippen LogP contribution in [0, 0.1) is 0 Å². The van der Waals surface area contributed by atoms with Crippen molar-refractivity contribution in [1.29, 1.82) is 0 Å². The number of aromatic carboxylic acids is 1. The van der Waals surface area contributed by atoms with E-state index in [1.165, 1.54) is 12.3 Å². The van der Waals surface area contributed by atoms with Crippen molar-refractivity contribution < 1.29 is 15.0 Å². The highest BCUT2D eigenvalue weighted by molar-refractivity contribution is 5.86. The minimum atomic E-state index is -1.05. The summed E-state index contributed by atoms with van der Waals surface area (Å²) in [7, 11) is 0. The summed E-state index contributed by atoms with van der Waals surface area (Å²) in [6.45, 7) is 0.0672. The first-order valence-electron chi connectivity index (χ1n) is 4.74. The van der Waals surface area contributed by atoms with Gasteiger partial charge in [-0.1, -0.05) is 0 Å². The zero-order valence-corrected chi connectivity index (χ0v) is 8.10. The number of carboxylic acid groups (broad SMARTS) is 1. The van der Waals surface area contributed by atoms with Gasteiger partial charge in [-0.05, 0) is 25.0 Å². The van der Waals surface area contributed by atoms with Gasteiger partial charge in [0.1, 0.15) is 5.69 Å². The van der Waals surface area contributed by atoms with Crippen molar-refractivity contribution in [2.75, 3.05) is 11.9 Å². The normalized spacial score (nSPS) is 17.1. The molecular weight excluding hydrogens is 196 g/mol. The molecule has 0 saturated heterocycles. The van der Waals surface area contributed by atoms with Gasteiger partial charge in [0.25, 0.3) is 0 Å². The van der Waals surface area contributed by atoms with Crippen molar-refractivity contribution in [2.24, 2.45) is 0 Å². The number of carbonyl (C=O) groups is 1. The maximum Gasteiger partial charge on any atom is 0.354 e. The number of aromatic nitrogens is 1. The fraction of sp³-hybridized carbons (Fsp3) is 0.400. The van der Waals surface area contributed by atoms with Gasteiger partial charge in [0, 0.05) is 11.9 Å². The van der Waals surface area contributed by atoms with Crippen molar-refractivity contribution in [3.63, 3.8) is 0 Å². The standard InChI is InChI=1S/C10H12N2O3/c13-6-10(2-3-10)12-7-1-4-11-8(5-7)9(14)15/h1,4-5,13H,2-3,6H2,(H,11,12)(H,14,15).